The van der Waals surface area contributed by atoms with Gasteiger partial charge in [-0.05, 0) is 27.2 Å². The van der Waals surface area contributed by atoms with Crippen LogP contribution in [0.25, 0.3) is 0 Å². The maximum absolute atomic E-state index is 11.7. The van der Waals surface area contributed by atoms with E-state index in [-0.39, 0.29) is 25.2 Å². The summed E-state index contributed by atoms with van der Waals surface area (Å²) in [4.78, 5) is 23.2. The van der Waals surface area contributed by atoms with Crippen LogP contribution in [0.15, 0.2) is 0 Å². The largest absolute Gasteiger partial charge is 0.463 e. The lowest BCUT2D eigenvalue weighted by molar-refractivity contribution is -0.160. The van der Waals surface area contributed by atoms with E-state index >= 15 is 0 Å². The maximum Gasteiger partial charge on any atom is 0.332 e. The van der Waals surface area contributed by atoms with Crippen molar-refractivity contribution >= 4 is 11.9 Å². The fraction of sp³-hybridized carbons (Fsp3) is 0.941. The highest BCUT2D eigenvalue weighted by molar-refractivity contribution is 5.71. The summed E-state index contributed by atoms with van der Waals surface area (Å²) in [5.74, 6) is -0.532. The van der Waals surface area contributed by atoms with E-state index in [9.17, 15) is 9.59 Å². The van der Waals surface area contributed by atoms with E-state index < -0.39 is 5.60 Å². The van der Waals surface area contributed by atoms with Crippen molar-refractivity contribution in [2.45, 2.75) is 84.7 Å². The van der Waals surface area contributed by atoms with Crippen molar-refractivity contribution < 1.29 is 61.7 Å². The molecular formula is C34H66O13. The topological polar surface area (TPSA) is 136 Å². The highest BCUT2D eigenvalue weighted by atomic mass is 16.6. The van der Waals surface area contributed by atoms with Crippen molar-refractivity contribution in [2.24, 2.45) is 0 Å². The molecule has 0 heterocycles. The zero-order valence-electron chi connectivity index (χ0n) is 29.9. The van der Waals surface area contributed by atoms with Crippen LogP contribution in [0.1, 0.15) is 79.1 Å². The van der Waals surface area contributed by atoms with Crippen molar-refractivity contribution in [2.75, 3.05) is 126 Å². The van der Waals surface area contributed by atoms with Gasteiger partial charge in [-0.15, -0.1) is 0 Å². The number of carbonyl (C=O) groups excluding carboxylic acids is 2. The van der Waals surface area contributed by atoms with Gasteiger partial charge in [-0.25, -0.2) is 4.79 Å². The van der Waals surface area contributed by atoms with Gasteiger partial charge in [-0.3, -0.25) is 4.79 Å². The average Bonchev–Trinajstić information content (AvgIpc) is 3.02. The van der Waals surface area contributed by atoms with Gasteiger partial charge in [0.2, 0.25) is 0 Å². The molecule has 0 aromatic rings. The summed E-state index contributed by atoms with van der Waals surface area (Å²) < 4.78 is 59.1. The fourth-order valence-corrected chi connectivity index (χ4v) is 3.80. The van der Waals surface area contributed by atoms with Gasteiger partial charge in [-0.2, -0.15) is 0 Å². The molecule has 0 rings (SSSR count). The molecule has 0 bridgehead atoms. The first kappa shape index (κ1) is 45.6. The average molecular weight is 683 g/mol. The number of hydrogen-bond acceptors (Lipinski definition) is 13. The predicted octanol–water partition coefficient (Wildman–Crippen LogP) is 4.16. The lowest BCUT2D eigenvalue weighted by atomic mass is 10.1. The first-order valence-corrected chi connectivity index (χ1v) is 17.4. The molecule has 0 atom stereocenters. The molecule has 47 heavy (non-hydrogen) atoms. The third-order valence-corrected chi connectivity index (χ3v) is 6.09. The molecule has 0 fully saturated rings. The van der Waals surface area contributed by atoms with Crippen molar-refractivity contribution in [1.82, 2.24) is 0 Å². The summed E-state index contributed by atoms with van der Waals surface area (Å²) in [7, 11) is 0. The first-order valence-electron chi connectivity index (χ1n) is 17.4. The molecule has 0 radical (unpaired) electrons. The van der Waals surface area contributed by atoms with Gasteiger partial charge in [0, 0.05) is 6.42 Å². The van der Waals surface area contributed by atoms with Crippen molar-refractivity contribution in [3.05, 3.63) is 0 Å². The summed E-state index contributed by atoms with van der Waals surface area (Å²) >= 11 is 0. The molecule has 0 N–H and O–H groups in total. The Hall–Kier alpha value is -1.42. The lowest BCUT2D eigenvalue weighted by Crippen LogP contribution is -2.27. The van der Waals surface area contributed by atoms with Gasteiger partial charge in [-0.1, -0.05) is 45.4 Å². The van der Waals surface area contributed by atoms with E-state index in [1.54, 1.807) is 0 Å². The van der Waals surface area contributed by atoms with Crippen LogP contribution in [0.3, 0.4) is 0 Å². The SMILES string of the molecule is CCCCCCCCCC(=O)OCCOCCOCCOCCOCCOCCOCCOCCOCCOCC(=O)OC(C)(C)C. The molecule has 280 valence electrons. The number of hydrogen-bond donors (Lipinski definition) is 0. The van der Waals surface area contributed by atoms with E-state index in [1.807, 2.05) is 20.8 Å². The second-order valence-corrected chi connectivity index (χ2v) is 11.6. The molecule has 13 nitrogen and oxygen atoms in total. The van der Waals surface area contributed by atoms with Gasteiger partial charge in [0.1, 0.15) is 18.8 Å². The molecule has 13 heteroatoms. The Morgan fingerprint density at radius 2 is 0.723 bits per heavy atom. The fourth-order valence-electron chi connectivity index (χ4n) is 3.80. The lowest BCUT2D eigenvalue weighted by Gasteiger charge is -2.19. The number of carbonyl (C=O) groups is 2. The molecule has 0 aliphatic carbocycles. The third-order valence-electron chi connectivity index (χ3n) is 6.09. The van der Waals surface area contributed by atoms with Gasteiger partial charge < -0.3 is 52.1 Å². The number of esters is 2. The van der Waals surface area contributed by atoms with Gasteiger partial charge in [0.25, 0.3) is 0 Å². The van der Waals surface area contributed by atoms with Crippen molar-refractivity contribution in [3.63, 3.8) is 0 Å². The molecule has 0 spiro atoms. The van der Waals surface area contributed by atoms with Crippen LogP contribution in [0, 0.1) is 0 Å². The predicted molar refractivity (Wildman–Crippen MR) is 177 cm³/mol. The molecule has 0 aromatic carbocycles. The minimum atomic E-state index is -0.512. The summed E-state index contributed by atoms with van der Waals surface area (Å²) in [6.45, 7) is 15.5. The summed E-state index contributed by atoms with van der Waals surface area (Å²) in [5, 5.41) is 0. The molecule has 0 amide bonds. The Bertz CT molecular complexity index is 673. The van der Waals surface area contributed by atoms with Crippen LogP contribution in [-0.2, 0) is 61.7 Å². The number of rotatable bonds is 37. The number of ether oxygens (including phenoxy) is 11. The summed E-state index contributed by atoms with van der Waals surface area (Å²) in [6, 6.07) is 0. The molecule has 0 aliphatic rings. The molecule has 0 saturated heterocycles. The summed E-state index contributed by atoms with van der Waals surface area (Å²) in [6.07, 6.45) is 8.77. The van der Waals surface area contributed by atoms with E-state index in [4.69, 9.17) is 52.1 Å². The Morgan fingerprint density at radius 3 is 1.09 bits per heavy atom. The minimum Gasteiger partial charge on any atom is -0.463 e. The van der Waals surface area contributed by atoms with Crippen LogP contribution >= 0.6 is 0 Å². The van der Waals surface area contributed by atoms with E-state index in [0.717, 1.165) is 12.8 Å². The maximum atomic E-state index is 11.7. The summed E-state index contributed by atoms with van der Waals surface area (Å²) in [5.41, 5.74) is -0.512. The van der Waals surface area contributed by atoms with Crippen LogP contribution in [-0.4, -0.2) is 143 Å². The third kappa shape index (κ3) is 40.7. The van der Waals surface area contributed by atoms with Crippen LogP contribution < -0.4 is 0 Å². The molecular weight excluding hydrogens is 616 g/mol. The molecule has 0 aromatic heterocycles. The molecule has 0 aliphatic heterocycles. The highest BCUT2D eigenvalue weighted by Crippen LogP contribution is 2.09. The Morgan fingerprint density at radius 1 is 0.404 bits per heavy atom. The van der Waals surface area contributed by atoms with E-state index in [2.05, 4.69) is 6.92 Å². The van der Waals surface area contributed by atoms with E-state index in [1.165, 1.54) is 32.1 Å². The second-order valence-electron chi connectivity index (χ2n) is 11.6. The zero-order chi connectivity index (χ0) is 34.5. The van der Waals surface area contributed by atoms with Gasteiger partial charge in [0.05, 0.1) is 112 Å². The van der Waals surface area contributed by atoms with E-state index in [0.29, 0.717) is 119 Å². The zero-order valence-corrected chi connectivity index (χ0v) is 29.9. The quantitative estimate of drug-likeness (QED) is 0.0686. The Kier molecular flexibility index (Phi) is 34.8. The first-order chi connectivity index (χ1) is 22.8. The van der Waals surface area contributed by atoms with Crippen LogP contribution in [0.4, 0.5) is 0 Å². The Balaban J connectivity index is 3.15. The van der Waals surface area contributed by atoms with Crippen LogP contribution in [0.5, 0.6) is 0 Å². The standard InChI is InChI=1S/C34H66O13/c1-5-6-7-8-9-10-11-12-32(35)46-30-29-44-26-25-42-22-21-40-18-17-38-14-13-37-15-16-39-19-20-41-23-24-43-27-28-45-31-33(36)47-34(2,3)4/h5-31H2,1-4H3. The Labute approximate surface area is 283 Å². The second kappa shape index (κ2) is 35.9. The monoisotopic (exact) mass is 682 g/mol. The van der Waals surface area contributed by atoms with Crippen molar-refractivity contribution in [1.29, 1.82) is 0 Å². The highest BCUT2D eigenvalue weighted by Gasteiger charge is 2.15. The number of unbranched alkanes of at least 4 members (excludes halogenated alkanes) is 6. The van der Waals surface area contributed by atoms with Crippen molar-refractivity contribution in [3.8, 4) is 0 Å². The molecule has 0 saturated carbocycles. The van der Waals surface area contributed by atoms with Gasteiger partial charge in [0.15, 0.2) is 0 Å². The normalized spacial score (nSPS) is 11.7. The van der Waals surface area contributed by atoms with Crippen LogP contribution in [0.2, 0.25) is 0 Å². The van der Waals surface area contributed by atoms with Gasteiger partial charge >= 0.3 is 11.9 Å². The molecule has 0 unspecified atom stereocenters. The minimum absolute atomic E-state index is 0.0846. The smallest absolute Gasteiger partial charge is 0.332 e.